The maximum atomic E-state index is 14.0. The second kappa shape index (κ2) is 8.28. The van der Waals surface area contributed by atoms with E-state index in [-0.39, 0.29) is 18.0 Å². The van der Waals surface area contributed by atoms with Gasteiger partial charge in [0, 0.05) is 48.9 Å². The fraction of sp³-hybridized carbons (Fsp3) is 0.269. The van der Waals surface area contributed by atoms with Crippen molar-refractivity contribution in [2.24, 2.45) is 7.05 Å². The van der Waals surface area contributed by atoms with Gasteiger partial charge >= 0.3 is 0 Å². The van der Waals surface area contributed by atoms with Crippen LogP contribution in [0.2, 0.25) is 0 Å². The smallest absolute Gasteiger partial charge is 0.258 e. The minimum Gasteiger partial charge on any atom is -0.489 e. The first-order valence-corrected chi connectivity index (χ1v) is 10.9. The molecule has 1 aliphatic rings. The van der Waals surface area contributed by atoms with E-state index >= 15 is 0 Å². The standard InChI is InChI=1S/C26H26FN3O2/c1-17-3-4-18(23(27)13-17)16-32-20-9-12-30(26(31)15-20)19-5-6-21-22-7-10-28-11-8-24(22)29(2)25(21)14-19/h3-6,9,12-15,28H,7-8,10-11,16H2,1-2H3. The Bertz CT molecular complexity index is 1370. The van der Waals surface area contributed by atoms with Crippen LogP contribution in [-0.2, 0) is 26.5 Å². The predicted molar refractivity (Wildman–Crippen MR) is 124 cm³/mol. The number of nitrogens with one attached hydrogen (secondary N) is 1. The second-order valence-corrected chi connectivity index (χ2v) is 8.39. The van der Waals surface area contributed by atoms with Crippen LogP contribution in [-0.4, -0.2) is 22.2 Å². The topological polar surface area (TPSA) is 48.2 Å². The first kappa shape index (κ1) is 20.5. The molecule has 0 spiro atoms. The van der Waals surface area contributed by atoms with E-state index in [1.807, 2.05) is 19.1 Å². The number of rotatable bonds is 4. The zero-order chi connectivity index (χ0) is 22.2. The Morgan fingerprint density at radius 3 is 2.72 bits per heavy atom. The minimum atomic E-state index is -0.302. The van der Waals surface area contributed by atoms with E-state index in [1.165, 1.54) is 28.8 Å². The molecule has 2 aromatic heterocycles. The van der Waals surface area contributed by atoms with Crippen LogP contribution in [0.25, 0.3) is 16.6 Å². The van der Waals surface area contributed by atoms with Gasteiger partial charge in [-0.25, -0.2) is 4.39 Å². The number of pyridine rings is 1. The van der Waals surface area contributed by atoms with E-state index in [1.54, 1.807) is 22.9 Å². The lowest BCUT2D eigenvalue weighted by atomic mass is 10.1. The third-order valence-corrected chi connectivity index (χ3v) is 6.28. The fourth-order valence-electron chi connectivity index (χ4n) is 4.54. The number of nitrogens with zero attached hydrogens (tertiary/aromatic N) is 2. The lowest BCUT2D eigenvalue weighted by Gasteiger charge is -2.11. The molecule has 5 rings (SSSR count). The summed E-state index contributed by atoms with van der Waals surface area (Å²) < 4.78 is 23.6. The van der Waals surface area contributed by atoms with E-state index in [2.05, 4.69) is 29.1 Å². The van der Waals surface area contributed by atoms with Crippen molar-refractivity contribution >= 4 is 10.9 Å². The summed E-state index contributed by atoms with van der Waals surface area (Å²) in [5.74, 6) is 0.119. The largest absolute Gasteiger partial charge is 0.489 e. The molecule has 0 saturated heterocycles. The summed E-state index contributed by atoms with van der Waals surface area (Å²) in [6.45, 7) is 3.89. The number of hydrogen-bond donors (Lipinski definition) is 1. The summed E-state index contributed by atoms with van der Waals surface area (Å²) >= 11 is 0. The van der Waals surface area contributed by atoms with Gasteiger partial charge in [-0.2, -0.15) is 0 Å². The van der Waals surface area contributed by atoms with E-state index in [9.17, 15) is 9.18 Å². The SMILES string of the molecule is Cc1ccc(COc2ccn(-c3ccc4c5c(n(C)c4c3)CCNCC5)c(=O)c2)c(F)c1. The van der Waals surface area contributed by atoms with Gasteiger partial charge in [0.25, 0.3) is 5.56 Å². The zero-order valence-corrected chi connectivity index (χ0v) is 18.3. The van der Waals surface area contributed by atoms with Crippen molar-refractivity contribution in [3.8, 4) is 11.4 Å². The van der Waals surface area contributed by atoms with E-state index in [4.69, 9.17) is 4.74 Å². The predicted octanol–water partition coefficient (Wildman–Crippen LogP) is 4.04. The highest BCUT2D eigenvalue weighted by molar-refractivity contribution is 5.87. The molecule has 0 saturated carbocycles. The van der Waals surface area contributed by atoms with Crippen LogP contribution in [0.3, 0.4) is 0 Å². The number of aromatic nitrogens is 2. The summed E-state index contributed by atoms with van der Waals surface area (Å²) in [7, 11) is 2.10. The summed E-state index contributed by atoms with van der Waals surface area (Å²) in [5, 5.41) is 4.71. The van der Waals surface area contributed by atoms with Gasteiger partial charge in [0.05, 0.1) is 11.2 Å². The molecule has 0 bridgehead atoms. The maximum Gasteiger partial charge on any atom is 0.258 e. The highest BCUT2D eigenvalue weighted by Gasteiger charge is 2.17. The first-order valence-electron chi connectivity index (χ1n) is 10.9. The average Bonchev–Trinajstić information content (AvgIpc) is 2.93. The minimum absolute atomic E-state index is 0.0747. The monoisotopic (exact) mass is 431 g/mol. The van der Waals surface area contributed by atoms with Crippen LogP contribution < -0.4 is 15.6 Å². The Hall–Kier alpha value is -3.38. The van der Waals surface area contributed by atoms with Gasteiger partial charge in [-0.1, -0.05) is 18.2 Å². The molecule has 3 heterocycles. The normalized spacial score (nSPS) is 13.7. The first-order chi connectivity index (χ1) is 15.5. The summed E-state index contributed by atoms with van der Waals surface area (Å²) in [5.41, 5.74) is 5.84. The lowest BCUT2D eigenvalue weighted by molar-refractivity contribution is 0.299. The van der Waals surface area contributed by atoms with Gasteiger partial charge in [-0.3, -0.25) is 9.36 Å². The molecule has 1 N–H and O–H groups in total. The summed E-state index contributed by atoms with van der Waals surface area (Å²) in [6.07, 6.45) is 3.73. The summed E-state index contributed by atoms with van der Waals surface area (Å²) in [6, 6.07) is 14.4. The van der Waals surface area contributed by atoms with Crippen molar-refractivity contribution in [2.45, 2.75) is 26.4 Å². The van der Waals surface area contributed by atoms with Gasteiger partial charge in [-0.15, -0.1) is 0 Å². The fourth-order valence-corrected chi connectivity index (χ4v) is 4.54. The number of fused-ring (bicyclic) bond motifs is 3. The molecule has 0 amide bonds. The van der Waals surface area contributed by atoms with Gasteiger partial charge in [0.15, 0.2) is 0 Å². The van der Waals surface area contributed by atoms with Crippen molar-refractivity contribution in [3.63, 3.8) is 0 Å². The van der Waals surface area contributed by atoms with Gasteiger partial charge in [0.2, 0.25) is 0 Å². The van der Waals surface area contributed by atoms with Crippen LogP contribution in [0.1, 0.15) is 22.4 Å². The molecular weight excluding hydrogens is 405 g/mol. The summed E-state index contributed by atoms with van der Waals surface area (Å²) in [4.78, 5) is 12.8. The van der Waals surface area contributed by atoms with Crippen LogP contribution in [0.4, 0.5) is 4.39 Å². The van der Waals surface area contributed by atoms with Crippen molar-refractivity contribution in [3.05, 3.63) is 93.3 Å². The second-order valence-electron chi connectivity index (χ2n) is 8.39. The molecule has 164 valence electrons. The lowest BCUT2D eigenvalue weighted by Crippen LogP contribution is -2.17. The number of ether oxygens (including phenoxy) is 1. The molecule has 0 aliphatic carbocycles. The molecule has 0 unspecified atom stereocenters. The Labute approximate surface area is 186 Å². The molecule has 2 aromatic carbocycles. The highest BCUT2D eigenvalue weighted by Crippen LogP contribution is 2.29. The molecule has 5 nitrogen and oxygen atoms in total. The van der Waals surface area contributed by atoms with Crippen LogP contribution in [0.15, 0.2) is 59.5 Å². The average molecular weight is 432 g/mol. The highest BCUT2D eigenvalue weighted by atomic mass is 19.1. The molecule has 32 heavy (non-hydrogen) atoms. The van der Waals surface area contributed by atoms with Crippen molar-refractivity contribution in [1.82, 2.24) is 14.5 Å². The van der Waals surface area contributed by atoms with Crippen molar-refractivity contribution in [1.29, 1.82) is 0 Å². The third kappa shape index (κ3) is 3.71. The molecule has 1 aliphatic heterocycles. The Morgan fingerprint density at radius 2 is 1.91 bits per heavy atom. The van der Waals surface area contributed by atoms with Gasteiger partial charge in [-0.05, 0) is 55.3 Å². The molecule has 0 fully saturated rings. The van der Waals surface area contributed by atoms with Crippen LogP contribution >= 0.6 is 0 Å². The van der Waals surface area contributed by atoms with E-state index < -0.39 is 0 Å². The number of hydrogen-bond acceptors (Lipinski definition) is 3. The molecule has 4 aromatic rings. The third-order valence-electron chi connectivity index (χ3n) is 6.28. The van der Waals surface area contributed by atoms with E-state index in [0.717, 1.165) is 42.7 Å². The van der Waals surface area contributed by atoms with Crippen molar-refractivity contribution < 1.29 is 9.13 Å². The van der Waals surface area contributed by atoms with Gasteiger partial charge < -0.3 is 14.6 Å². The molecular formula is C26H26FN3O2. The Kier molecular flexibility index (Phi) is 5.31. The number of aryl methyl sites for hydroxylation is 2. The Morgan fingerprint density at radius 1 is 1.06 bits per heavy atom. The van der Waals surface area contributed by atoms with Crippen LogP contribution in [0.5, 0.6) is 5.75 Å². The number of benzene rings is 2. The quantitative estimate of drug-likeness (QED) is 0.531. The van der Waals surface area contributed by atoms with Crippen LogP contribution in [0, 0.1) is 12.7 Å². The molecule has 6 heteroatoms. The molecule has 0 radical (unpaired) electrons. The molecule has 0 atom stereocenters. The maximum absolute atomic E-state index is 14.0. The number of halogens is 1. The van der Waals surface area contributed by atoms with Gasteiger partial charge in [0.1, 0.15) is 18.2 Å². The zero-order valence-electron chi connectivity index (χ0n) is 18.3. The Balaban J connectivity index is 1.42. The van der Waals surface area contributed by atoms with E-state index in [0.29, 0.717) is 11.3 Å². The van der Waals surface area contributed by atoms with Crippen molar-refractivity contribution in [2.75, 3.05) is 13.1 Å².